The average molecular weight is 358 g/mol. The van der Waals surface area contributed by atoms with Gasteiger partial charge in [-0.1, -0.05) is 0 Å². The number of nitrogens with one attached hydrogen (secondary N) is 2. The zero-order valence-corrected chi connectivity index (χ0v) is 14.7. The van der Waals surface area contributed by atoms with E-state index in [9.17, 15) is 13.2 Å². The fourth-order valence-corrected chi connectivity index (χ4v) is 3.90. The van der Waals surface area contributed by atoms with E-state index >= 15 is 0 Å². The molecule has 25 heavy (non-hydrogen) atoms. The van der Waals surface area contributed by atoms with Crippen molar-refractivity contribution in [2.75, 3.05) is 10.0 Å². The van der Waals surface area contributed by atoms with Crippen molar-refractivity contribution in [2.24, 2.45) is 0 Å². The molecule has 1 amide bonds. The van der Waals surface area contributed by atoms with Crippen molar-refractivity contribution in [2.45, 2.75) is 42.9 Å². The van der Waals surface area contributed by atoms with Crippen molar-refractivity contribution >= 4 is 27.6 Å². The maximum Gasteiger partial charge on any atom is 0.264 e. The normalized spacial score (nSPS) is 18.6. The Morgan fingerprint density at radius 3 is 2.72 bits per heavy atom. The van der Waals surface area contributed by atoms with Crippen LogP contribution < -0.4 is 10.0 Å². The zero-order valence-electron chi connectivity index (χ0n) is 13.9. The fourth-order valence-electron chi connectivity index (χ4n) is 2.92. The van der Waals surface area contributed by atoms with E-state index in [0.717, 1.165) is 18.5 Å². The molecule has 2 aromatic rings. The van der Waals surface area contributed by atoms with Gasteiger partial charge in [0.1, 0.15) is 0 Å². The fraction of sp³-hybridized carbons (Fsp3) is 0.353. The summed E-state index contributed by atoms with van der Waals surface area (Å²) in [6.07, 6.45) is 3.71. The van der Waals surface area contributed by atoms with Crippen LogP contribution in [-0.2, 0) is 20.2 Å². The van der Waals surface area contributed by atoms with E-state index < -0.39 is 15.4 Å². The molecule has 0 spiro atoms. The lowest BCUT2D eigenvalue weighted by Gasteiger charge is -2.16. The molecule has 2 aliphatic rings. The molecule has 7 nitrogen and oxygen atoms in total. The van der Waals surface area contributed by atoms with Gasteiger partial charge in [-0.3, -0.25) is 4.79 Å². The number of aromatic nitrogens is 2. The predicted octanol–water partition coefficient (Wildman–Crippen LogP) is 2.38. The molecule has 130 valence electrons. The number of sulfonamides is 1. The first-order chi connectivity index (χ1) is 11.8. The minimum atomic E-state index is -3.84. The van der Waals surface area contributed by atoms with Crippen LogP contribution in [-0.4, -0.2) is 24.3 Å². The van der Waals surface area contributed by atoms with Crippen molar-refractivity contribution < 1.29 is 13.2 Å². The van der Waals surface area contributed by atoms with E-state index in [0.29, 0.717) is 17.2 Å². The molecule has 0 radical (unpaired) electrons. The number of hydrogen-bond donors (Lipinski definition) is 2. The number of nitrogens with zero attached hydrogens (tertiary/aromatic N) is 2. The van der Waals surface area contributed by atoms with Gasteiger partial charge in [-0.05, 0) is 56.5 Å². The summed E-state index contributed by atoms with van der Waals surface area (Å²) in [5.41, 5.74) is 1.38. The van der Waals surface area contributed by atoms with Crippen LogP contribution in [0.15, 0.2) is 35.4 Å². The van der Waals surface area contributed by atoms with Crippen LogP contribution in [0, 0.1) is 0 Å². The Morgan fingerprint density at radius 2 is 2.00 bits per heavy atom. The standard InChI is InChI=1S/C17H18N4O3S/c1-17(2)12-9-11(5-6-14(12)19-15(17)22)25(23,24)21-16-18-8-7-13(20-16)10-3-4-10/h5-10H,3-4H2,1-2H3,(H,19,22)(H,18,20,21). The summed E-state index contributed by atoms with van der Waals surface area (Å²) in [5, 5.41) is 2.76. The monoisotopic (exact) mass is 358 g/mol. The van der Waals surface area contributed by atoms with Gasteiger partial charge in [-0.2, -0.15) is 0 Å². The third kappa shape index (κ3) is 2.76. The largest absolute Gasteiger partial charge is 0.325 e. The molecule has 0 unspecified atom stereocenters. The van der Waals surface area contributed by atoms with Crippen LogP contribution in [0.5, 0.6) is 0 Å². The Balaban J connectivity index is 1.66. The molecule has 0 saturated heterocycles. The van der Waals surface area contributed by atoms with E-state index in [1.54, 1.807) is 26.1 Å². The van der Waals surface area contributed by atoms with Gasteiger partial charge in [0.15, 0.2) is 0 Å². The van der Waals surface area contributed by atoms with E-state index in [4.69, 9.17) is 0 Å². The third-order valence-electron chi connectivity index (χ3n) is 4.69. The summed E-state index contributed by atoms with van der Waals surface area (Å²) in [6.45, 7) is 3.53. The minimum absolute atomic E-state index is 0.0679. The zero-order chi connectivity index (χ0) is 17.8. The summed E-state index contributed by atoms with van der Waals surface area (Å²) in [5.74, 6) is 0.327. The van der Waals surface area contributed by atoms with Crippen LogP contribution in [0.25, 0.3) is 0 Å². The molecule has 2 heterocycles. The van der Waals surface area contributed by atoms with Crippen molar-refractivity contribution in [1.82, 2.24) is 9.97 Å². The number of anilines is 2. The second-order valence-corrected chi connectivity index (χ2v) is 8.65. The third-order valence-corrected chi connectivity index (χ3v) is 6.01. The quantitative estimate of drug-likeness (QED) is 0.874. The lowest BCUT2D eigenvalue weighted by atomic mass is 9.86. The lowest BCUT2D eigenvalue weighted by Crippen LogP contribution is -2.27. The molecule has 1 fully saturated rings. The van der Waals surface area contributed by atoms with Gasteiger partial charge in [0.2, 0.25) is 11.9 Å². The molecule has 0 bridgehead atoms. The molecular weight excluding hydrogens is 340 g/mol. The van der Waals surface area contributed by atoms with E-state index in [1.807, 2.05) is 6.07 Å². The molecule has 8 heteroatoms. The van der Waals surface area contributed by atoms with E-state index in [1.165, 1.54) is 12.1 Å². The summed E-state index contributed by atoms with van der Waals surface area (Å²) < 4.78 is 27.8. The molecule has 4 rings (SSSR count). The predicted molar refractivity (Wildman–Crippen MR) is 92.9 cm³/mol. The minimum Gasteiger partial charge on any atom is -0.325 e. The van der Waals surface area contributed by atoms with Gasteiger partial charge in [-0.15, -0.1) is 0 Å². The van der Waals surface area contributed by atoms with Crippen LogP contribution in [0.3, 0.4) is 0 Å². The Labute approximate surface area is 145 Å². The highest BCUT2D eigenvalue weighted by atomic mass is 32.2. The second kappa shape index (κ2) is 5.26. The highest BCUT2D eigenvalue weighted by Gasteiger charge is 2.39. The van der Waals surface area contributed by atoms with Gasteiger partial charge in [0, 0.05) is 23.5 Å². The van der Waals surface area contributed by atoms with Gasteiger partial charge >= 0.3 is 0 Å². The smallest absolute Gasteiger partial charge is 0.264 e. The van der Waals surface area contributed by atoms with Gasteiger partial charge < -0.3 is 5.32 Å². The summed E-state index contributed by atoms with van der Waals surface area (Å²) in [4.78, 5) is 20.4. The van der Waals surface area contributed by atoms with Crippen LogP contribution >= 0.6 is 0 Å². The summed E-state index contributed by atoms with van der Waals surface area (Å²) in [6, 6.07) is 6.41. The molecular formula is C17H18N4O3S. The van der Waals surface area contributed by atoms with Crippen LogP contribution in [0.1, 0.15) is 43.9 Å². The maximum atomic E-state index is 12.7. The summed E-state index contributed by atoms with van der Waals surface area (Å²) in [7, 11) is -3.84. The topological polar surface area (TPSA) is 101 Å². The number of hydrogen-bond acceptors (Lipinski definition) is 5. The van der Waals surface area contributed by atoms with Crippen molar-refractivity contribution in [3.63, 3.8) is 0 Å². The second-order valence-electron chi connectivity index (χ2n) is 6.97. The Kier molecular flexibility index (Phi) is 3.37. The van der Waals surface area contributed by atoms with Crippen LogP contribution in [0.2, 0.25) is 0 Å². The van der Waals surface area contributed by atoms with Gasteiger partial charge in [0.05, 0.1) is 10.3 Å². The highest BCUT2D eigenvalue weighted by Crippen LogP contribution is 2.40. The molecule has 1 aliphatic carbocycles. The number of amides is 1. The molecule has 0 atom stereocenters. The average Bonchev–Trinajstić information content (AvgIpc) is 3.36. The number of fused-ring (bicyclic) bond motifs is 1. The van der Waals surface area contributed by atoms with Gasteiger partial charge in [-0.25, -0.2) is 23.1 Å². The number of carbonyl (C=O) groups is 1. The molecule has 2 N–H and O–H groups in total. The molecule has 1 aromatic heterocycles. The maximum absolute atomic E-state index is 12.7. The molecule has 1 aliphatic heterocycles. The van der Waals surface area contributed by atoms with E-state index in [2.05, 4.69) is 20.0 Å². The highest BCUT2D eigenvalue weighted by molar-refractivity contribution is 7.92. The molecule has 1 saturated carbocycles. The van der Waals surface area contributed by atoms with E-state index in [-0.39, 0.29) is 16.8 Å². The lowest BCUT2D eigenvalue weighted by molar-refractivity contribution is -0.119. The Morgan fingerprint density at radius 1 is 1.24 bits per heavy atom. The SMILES string of the molecule is CC1(C)C(=O)Nc2ccc(S(=O)(=O)Nc3nccc(C4CC4)n3)cc21. The first-order valence-corrected chi connectivity index (χ1v) is 9.57. The first kappa shape index (κ1) is 16.0. The van der Waals surface area contributed by atoms with Crippen molar-refractivity contribution in [3.05, 3.63) is 41.7 Å². The van der Waals surface area contributed by atoms with Crippen molar-refractivity contribution in [3.8, 4) is 0 Å². The number of carbonyl (C=O) groups excluding carboxylic acids is 1. The molecule has 1 aromatic carbocycles. The summed E-state index contributed by atoms with van der Waals surface area (Å²) >= 11 is 0. The Hall–Kier alpha value is -2.48. The van der Waals surface area contributed by atoms with Gasteiger partial charge in [0.25, 0.3) is 10.0 Å². The van der Waals surface area contributed by atoms with Crippen molar-refractivity contribution in [1.29, 1.82) is 0 Å². The first-order valence-electron chi connectivity index (χ1n) is 8.09. The Bertz CT molecular complexity index is 981. The number of benzene rings is 1. The van der Waals surface area contributed by atoms with Crippen LogP contribution in [0.4, 0.5) is 11.6 Å². The number of rotatable bonds is 4.